The van der Waals surface area contributed by atoms with Gasteiger partial charge in [-0.2, -0.15) is 0 Å². The van der Waals surface area contributed by atoms with E-state index < -0.39 is 0 Å². The Bertz CT molecular complexity index is 365. The molecule has 1 aliphatic heterocycles. The second kappa shape index (κ2) is 3.98. The van der Waals surface area contributed by atoms with Gasteiger partial charge in [0.2, 0.25) is 0 Å². The first-order valence-electron chi connectivity index (χ1n) is 4.48. The zero-order valence-electron chi connectivity index (χ0n) is 7.61. The van der Waals surface area contributed by atoms with E-state index in [1.54, 1.807) is 18.3 Å². The molecule has 74 valence electrons. The van der Waals surface area contributed by atoms with Crippen molar-refractivity contribution in [1.29, 1.82) is 0 Å². The summed E-state index contributed by atoms with van der Waals surface area (Å²) in [7, 11) is 0. The molecule has 1 aliphatic rings. The van der Waals surface area contributed by atoms with Gasteiger partial charge in [0, 0.05) is 12.6 Å². The van der Waals surface area contributed by atoms with Crippen molar-refractivity contribution >= 4 is 11.6 Å². The van der Waals surface area contributed by atoms with Crippen molar-refractivity contribution in [2.75, 3.05) is 6.61 Å². The smallest absolute Gasteiger partial charge is 0.115 e. The molecule has 0 aromatic carbocycles. The maximum Gasteiger partial charge on any atom is 0.115 e. The zero-order chi connectivity index (χ0) is 9.97. The fourth-order valence-electron chi connectivity index (χ4n) is 1.42. The molecule has 2 N–H and O–H groups in total. The van der Waals surface area contributed by atoms with Crippen LogP contribution in [0.4, 0.5) is 0 Å². The number of nitrogens with zero attached hydrogens (tertiary/aromatic N) is 1. The molecule has 0 spiro atoms. The van der Waals surface area contributed by atoms with Gasteiger partial charge in [-0.15, -0.1) is 0 Å². The number of nitrogens with two attached hydrogens (primary N) is 1. The van der Waals surface area contributed by atoms with Crippen molar-refractivity contribution in [2.24, 2.45) is 5.73 Å². The molecular formula is C10H11ClN2O. The lowest BCUT2D eigenvalue weighted by molar-refractivity contribution is 0.224. The second-order valence-electron chi connectivity index (χ2n) is 3.09. The lowest BCUT2D eigenvalue weighted by atomic mass is 10.1. The maximum atomic E-state index is 5.97. The molecule has 0 amide bonds. The Kier molecular flexibility index (Phi) is 2.70. The highest BCUT2D eigenvalue weighted by atomic mass is 35.5. The van der Waals surface area contributed by atoms with E-state index in [1.807, 2.05) is 6.08 Å². The normalized spacial score (nSPS) is 17.4. The van der Waals surface area contributed by atoms with Gasteiger partial charge in [-0.3, -0.25) is 4.98 Å². The van der Waals surface area contributed by atoms with Crippen LogP contribution in [0, 0.1) is 0 Å². The molecule has 0 saturated heterocycles. The van der Waals surface area contributed by atoms with Crippen LogP contribution < -0.4 is 5.73 Å². The molecule has 4 heteroatoms. The molecule has 2 heterocycles. The van der Waals surface area contributed by atoms with E-state index in [-0.39, 0.29) is 6.04 Å². The van der Waals surface area contributed by atoms with Crippen LogP contribution in [0.15, 0.2) is 30.2 Å². The number of rotatable bonds is 2. The predicted molar refractivity (Wildman–Crippen MR) is 54.8 cm³/mol. The molecule has 0 saturated carbocycles. The van der Waals surface area contributed by atoms with E-state index in [9.17, 15) is 0 Å². The van der Waals surface area contributed by atoms with Crippen LogP contribution in [-0.4, -0.2) is 11.6 Å². The van der Waals surface area contributed by atoms with Crippen molar-refractivity contribution in [2.45, 2.75) is 12.5 Å². The first-order valence-corrected chi connectivity index (χ1v) is 4.85. The van der Waals surface area contributed by atoms with Gasteiger partial charge in [0.05, 0.1) is 17.3 Å². The van der Waals surface area contributed by atoms with Gasteiger partial charge in [0.25, 0.3) is 0 Å². The molecule has 0 radical (unpaired) electrons. The SMILES string of the molecule is NC(C1=CCCO1)c1ncccc1Cl. The molecular weight excluding hydrogens is 200 g/mol. The summed E-state index contributed by atoms with van der Waals surface area (Å²) in [5, 5.41) is 0.580. The fourth-order valence-corrected chi connectivity index (χ4v) is 1.65. The van der Waals surface area contributed by atoms with Gasteiger partial charge in [-0.05, 0) is 18.2 Å². The Morgan fingerprint density at radius 2 is 2.43 bits per heavy atom. The second-order valence-corrected chi connectivity index (χ2v) is 3.50. The van der Waals surface area contributed by atoms with Crippen molar-refractivity contribution in [1.82, 2.24) is 4.98 Å². The number of ether oxygens (including phenoxy) is 1. The third-order valence-corrected chi connectivity index (χ3v) is 2.44. The van der Waals surface area contributed by atoms with Crippen LogP contribution in [-0.2, 0) is 4.74 Å². The molecule has 3 nitrogen and oxygen atoms in total. The van der Waals surface area contributed by atoms with Gasteiger partial charge in [-0.1, -0.05) is 11.6 Å². The Labute approximate surface area is 87.5 Å². The van der Waals surface area contributed by atoms with E-state index in [4.69, 9.17) is 22.1 Å². The number of hydrogen-bond acceptors (Lipinski definition) is 3. The summed E-state index contributed by atoms with van der Waals surface area (Å²) < 4.78 is 5.36. The van der Waals surface area contributed by atoms with Crippen molar-refractivity contribution in [3.8, 4) is 0 Å². The van der Waals surface area contributed by atoms with Crippen molar-refractivity contribution in [3.63, 3.8) is 0 Å². The summed E-state index contributed by atoms with van der Waals surface area (Å²) in [6.07, 6.45) is 4.57. The molecule has 14 heavy (non-hydrogen) atoms. The van der Waals surface area contributed by atoms with E-state index in [0.717, 1.165) is 12.2 Å². The standard InChI is InChI=1S/C10H11ClN2O/c11-7-3-1-5-13-10(7)9(12)8-4-2-6-14-8/h1,3-5,9H,2,6,12H2. The average Bonchev–Trinajstić information content (AvgIpc) is 2.70. The van der Waals surface area contributed by atoms with Gasteiger partial charge < -0.3 is 10.5 Å². The minimum Gasteiger partial charge on any atom is -0.496 e. The Morgan fingerprint density at radius 3 is 3.07 bits per heavy atom. The number of pyridine rings is 1. The van der Waals surface area contributed by atoms with E-state index >= 15 is 0 Å². The van der Waals surface area contributed by atoms with Crippen LogP contribution >= 0.6 is 11.6 Å². The van der Waals surface area contributed by atoms with E-state index in [0.29, 0.717) is 17.3 Å². The van der Waals surface area contributed by atoms with Crippen molar-refractivity contribution in [3.05, 3.63) is 40.9 Å². The first kappa shape index (κ1) is 9.49. The molecule has 0 bridgehead atoms. The van der Waals surface area contributed by atoms with Gasteiger partial charge >= 0.3 is 0 Å². The minimum atomic E-state index is -0.341. The van der Waals surface area contributed by atoms with Crippen LogP contribution in [0.2, 0.25) is 5.02 Å². The van der Waals surface area contributed by atoms with Crippen LogP contribution in [0.3, 0.4) is 0 Å². The fraction of sp³-hybridized carbons (Fsp3) is 0.300. The van der Waals surface area contributed by atoms with Gasteiger partial charge in [0.1, 0.15) is 11.8 Å². The largest absolute Gasteiger partial charge is 0.496 e. The predicted octanol–water partition coefficient (Wildman–Crippen LogP) is 2.04. The van der Waals surface area contributed by atoms with Crippen LogP contribution in [0.25, 0.3) is 0 Å². The molecule has 1 atom stereocenters. The van der Waals surface area contributed by atoms with Crippen molar-refractivity contribution < 1.29 is 4.74 Å². The molecule has 0 aliphatic carbocycles. The number of aromatic nitrogens is 1. The van der Waals surface area contributed by atoms with E-state index in [1.165, 1.54) is 0 Å². The Balaban J connectivity index is 2.26. The van der Waals surface area contributed by atoms with E-state index in [2.05, 4.69) is 4.98 Å². The lowest BCUT2D eigenvalue weighted by Gasteiger charge is -2.13. The van der Waals surface area contributed by atoms with Crippen LogP contribution in [0.1, 0.15) is 18.2 Å². The Morgan fingerprint density at radius 1 is 1.57 bits per heavy atom. The molecule has 1 unspecified atom stereocenters. The highest BCUT2D eigenvalue weighted by Crippen LogP contribution is 2.27. The third-order valence-electron chi connectivity index (χ3n) is 2.12. The van der Waals surface area contributed by atoms with Gasteiger partial charge in [0.15, 0.2) is 0 Å². The molecule has 2 rings (SSSR count). The first-order chi connectivity index (χ1) is 6.79. The summed E-state index contributed by atoms with van der Waals surface area (Å²) in [5.41, 5.74) is 6.63. The van der Waals surface area contributed by atoms with Crippen LogP contribution in [0.5, 0.6) is 0 Å². The molecule has 1 aromatic rings. The maximum absolute atomic E-state index is 5.97. The zero-order valence-corrected chi connectivity index (χ0v) is 8.37. The number of halogens is 1. The summed E-state index contributed by atoms with van der Waals surface area (Å²) >= 11 is 5.97. The average molecular weight is 211 g/mol. The van der Waals surface area contributed by atoms with Gasteiger partial charge in [-0.25, -0.2) is 0 Å². The minimum absolute atomic E-state index is 0.341. The lowest BCUT2D eigenvalue weighted by Crippen LogP contribution is -2.15. The third kappa shape index (κ3) is 1.74. The summed E-state index contributed by atoms with van der Waals surface area (Å²) in [4.78, 5) is 4.14. The number of hydrogen-bond donors (Lipinski definition) is 1. The molecule has 0 fully saturated rings. The molecule has 1 aromatic heterocycles. The topological polar surface area (TPSA) is 48.1 Å². The quantitative estimate of drug-likeness (QED) is 0.813. The summed E-state index contributed by atoms with van der Waals surface area (Å²) in [6.45, 7) is 0.702. The highest BCUT2D eigenvalue weighted by molar-refractivity contribution is 6.31. The Hall–Kier alpha value is -1.06. The highest BCUT2D eigenvalue weighted by Gasteiger charge is 2.19. The summed E-state index contributed by atoms with van der Waals surface area (Å²) in [5.74, 6) is 0.769. The summed E-state index contributed by atoms with van der Waals surface area (Å²) in [6, 6.07) is 3.22. The monoisotopic (exact) mass is 210 g/mol.